The van der Waals surface area contributed by atoms with E-state index in [4.69, 9.17) is 21.2 Å². The van der Waals surface area contributed by atoms with Crippen molar-refractivity contribution in [2.75, 3.05) is 31.3 Å². The van der Waals surface area contributed by atoms with Gasteiger partial charge in [-0.15, -0.1) is 0 Å². The van der Waals surface area contributed by atoms with E-state index >= 15 is 0 Å². The third kappa shape index (κ3) is 11.2. The number of nitrogens with two attached hydrogens (primary N) is 2. The van der Waals surface area contributed by atoms with Crippen LogP contribution in [-0.4, -0.2) is 72.4 Å². The topological polar surface area (TPSA) is 183 Å². The van der Waals surface area contributed by atoms with E-state index in [1.807, 2.05) is 18.7 Å². The third-order valence-corrected chi connectivity index (χ3v) is 7.85. The molecule has 0 radical (unpaired) electrons. The van der Waals surface area contributed by atoms with Crippen molar-refractivity contribution < 1.29 is 37.3 Å². The summed E-state index contributed by atoms with van der Waals surface area (Å²) in [7, 11) is 0. The van der Waals surface area contributed by atoms with Gasteiger partial charge in [0.05, 0.1) is 31.0 Å². The summed E-state index contributed by atoms with van der Waals surface area (Å²) in [5.41, 5.74) is 6.40. The van der Waals surface area contributed by atoms with Crippen LogP contribution < -0.4 is 32.7 Å². The summed E-state index contributed by atoms with van der Waals surface area (Å²) < 4.78 is 38.6. The predicted octanol–water partition coefficient (Wildman–Crippen LogP) is 1.78. The van der Waals surface area contributed by atoms with E-state index in [1.165, 1.54) is 12.3 Å². The molecule has 0 spiro atoms. The number of halogens is 3. The van der Waals surface area contributed by atoms with Crippen LogP contribution in [0.15, 0.2) is 18.3 Å². The molecular formula is C26H42F3N7O5S. The van der Waals surface area contributed by atoms with Crippen molar-refractivity contribution in [3.05, 3.63) is 29.6 Å². The highest BCUT2D eigenvalue weighted by molar-refractivity contribution is 7.99. The van der Waals surface area contributed by atoms with Crippen molar-refractivity contribution >= 4 is 29.6 Å². The highest BCUT2D eigenvalue weighted by Crippen LogP contribution is 2.31. The average Bonchev–Trinajstić information content (AvgIpc) is 3.50. The van der Waals surface area contributed by atoms with Gasteiger partial charge in [-0.05, 0) is 24.5 Å². The first-order valence-electron chi connectivity index (χ1n) is 13.7. The Kier molecular flexibility index (Phi) is 13.8. The molecule has 4 amide bonds. The number of unbranched alkanes of at least 4 members (excludes halogenated alkanes) is 1. The lowest BCUT2D eigenvalue weighted by atomic mass is 9.88. The standard InChI is InChI=1S/C21H34F3N5O4.C5H8N2OS/c1-4-5-6-17(30)27-10-12-33-32-11-9-19(2,3)18(31)29-14-15-7-8-16(28-13-15)20(25,26)21(22,23)24;8-5-6-3-1-9-2-4(3)7-5/h7-8,13H,4-6,9-12,14,25-26H2,1-3H3,(H,27,30)(H,29,31);3-4H,1-2H2,(H2,6,7,8)/t;3-,4?/m.0/s1. The SMILES string of the molecule is CCCCC(=O)NCCOOCCC(C)(C)C(=O)NCc1ccc(C(N)(N)C(F)(F)F)nc1.O=C1NC2CSC[C@@H]2N1. The molecule has 238 valence electrons. The van der Waals surface area contributed by atoms with Crippen LogP contribution in [0, 0.1) is 5.41 Å². The Morgan fingerprint density at radius 3 is 2.31 bits per heavy atom. The van der Waals surface area contributed by atoms with Gasteiger partial charge in [-0.25, -0.2) is 14.6 Å². The van der Waals surface area contributed by atoms with Crippen molar-refractivity contribution in [3.63, 3.8) is 0 Å². The molecule has 8 N–H and O–H groups in total. The number of alkyl halides is 3. The maximum atomic E-state index is 12.9. The van der Waals surface area contributed by atoms with Crippen molar-refractivity contribution in [2.45, 2.75) is 76.9 Å². The summed E-state index contributed by atoms with van der Waals surface area (Å²) in [6.45, 7) is 6.20. The monoisotopic (exact) mass is 621 g/mol. The molecule has 0 aliphatic carbocycles. The van der Waals surface area contributed by atoms with E-state index in [2.05, 4.69) is 26.3 Å². The molecule has 2 fully saturated rings. The van der Waals surface area contributed by atoms with Gasteiger partial charge in [0.1, 0.15) is 0 Å². The van der Waals surface area contributed by atoms with E-state index in [0.717, 1.165) is 30.4 Å². The fourth-order valence-corrected chi connectivity index (χ4v) is 5.02. The Morgan fingerprint density at radius 2 is 1.74 bits per heavy atom. The van der Waals surface area contributed by atoms with Crippen molar-refractivity contribution in [1.82, 2.24) is 26.3 Å². The molecule has 2 aliphatic rings. The smallest absolute Gasteiger partial charge is 0.354 e. The van der Waals surface area contributed by atoms with Crippen LogP contribution in [0.5, 0.6) is 0 Å². The summed E-state index contributed by atoms with van der Waals surface area (Å²) in [4.78, 5) is 48.3. The molecule has 2 aliphatic heterocycles. The molecule has 1 aromatic rings. The lowest BCUT2D eigenvalue weighted by Crippen LogP contribution is -2.58. The zero-order chi connectivity index (χ0) is 31.4. The summed E-state index contributed by atoms with van der Waals surface area (Å²) in [5, 5.41) is 11.1. The molecule has 16 heteroatoms. The minimum atomic E-state index is -4.85. The van der Waals surface area contributed by atoms with Crippen molar-refractivity contribution in [3.8, 4) is 0 Å². The largest absolute Gasteiger partial charge is 0.425 e. The third-order valence-electron chi connectivity index (χ3n) is 6.66. The van der Waals surface area contributed by atoms with E-state index in [-0.39, 0.29) is 37.6 Å². The predicted molar refractivity (Wildman–Crippen MR) is 152 cm³/mol. The van der Waals surface area contributed by atoms with E-state index in [9.17, 15) is 27.6 Å². The molecule has 1 unspecified atom stereocenters. The highest BCUT2D eigenvalue weighted by Gasteiger charge is 2.51. The van der Waals surface area contributed by atoms with Gasteiger partial charge in [0.25, 0.3) is 0 Å². The quantitative estimate of drug-likeness (QED) is 0.0593. The van der Waals surface area contributed by atoms with E-state index in [0.29, 0.717) is 37.0 Å². The lowest BCUT2D eigenvalue weighted by molar-refractivity contribution is -0.295. The minimum Gasteiger partial charge on any atom is -0.354 e. The van der Waals surface area contributed by atoms with Crippen LogP contribution in [0.3, 0.4) is 0 Å². The highest BCUT2D eigenvalue weighted by atomic mass is 32.2. The van der Waals surface area contributed by atoms with Crippen molar-refractivity contribution in [2.24, 2.45) is 16.9 Å². The molecule has 0 bridgehead atoms. The number of nitrogens with one attached hydrogen (secondary N) is 4. The van der Waals surface area contributed by atoms with Gasteiger partial charge in [-0.1, -0.05) is 33.3 Å². The number of rotatable bonds is 14. The summed E-state index contributed by atoms with van der Waals surface area (Å²) in [5.74, 6) is 1.83. The molecule has 3 heterocycles. The van der Waals surface area contributed by atoms with Gasteiger partial charge in [0.2, 0.25) is 17.5 Å². The zero-order valence-electron chi connectivity index (χ0n) is 24.1. The zero-order valence-corrected chi connectivity index (χ0v) is 25.0. The molecule has 12 nitrogen and oxygen atoms in total. The first kappa shape index (κ1) is 35.5. The van der Waals surface area contributed by atoms with E-state index < -0.39 is 22.9 Å². The van der Waals surface area contributed by atoms with Gasteiger partial charge in [0.15, 0.2) is 0 Å². The van der Waals surface area contributed by atoms with Crippen LogP contribution in [-0.2, 0) is 31.6 Å². The number of carbonyl (C=O) groups excluding carboxylic acids is 3. The number of hydrogen-bond donors (Lipinski definition) is 6. The maximum Gasteiger partial charge on any atom is 0.425 e. The fraction of sp³-hybridized carbons (Fsp3) is 0.692. The molecule has 0 saturated carbocycles. The molecule has 0 aromatic carbocycles. The Hall–Kier alpha value is -2.66. The number of fused-ring (bicyclic) bond motifs is 1. The normalized spacial score (nSPS) is 18.3. The number of carbonyl (C=O) groups is 3. The second kappa shape index (κ2) is 16.3. The molecule has 1 aromatic heterocycles. The fourth-order valence-electron chi connectivity index (χ4n) is 3.74. The Morgan fingerprint density at radius 1 is 1.10 bits per heavy atom. The van der Waals surface area contributed by atoms with E-state index in [1.54, 1.807) is 13.8 Å². The Bertz CT molecular complexity index is 1010. The number of amides is 4. The van der Waals surface area contributed by atoms with Gasteiger partial charge in [-0.3, -0.25) is 14.6 Å². The van der Waals surface area contributed by atoms with Crippen LogP contribution in [0.25, 0.3) is 0 Å². The second-order valence-electron chi connectivity index (χ2n) is 10.7. The number of aromatic nitrogens is 1. The molecule has 2 saturated heterocycles. The first-order valence-corrected chi connectivity index (χ1v) is 14.9. The van der Waals surface area contributed by atoms with Gasteiger partial charge >= 0.3 is 12.2 Å². The molecule has 42 heavy (non-hydrogen) atoms. The van der Waals surface area contributed by atoms with Crippen LogP contribution in [0.2, 0.25) is 0 Å². The number of urea groups is 1. The van der Waals surface area contributed by atoms with Gasteiger partial charge in [-0.2, -0.15) is 24.9 Å². The van der Waals surface area contributed by atoms with Crippen LogP contribution in [0.1, 0.15) is 57.7 Å². The Balaban J connectivity index is 0.000000569. The number of hydrogen-bond acceptors (Lipinski definition) is 9. The van der Waals surface area contributed by atoms with Gasteiger partial charge < -0.3 is 32.7 Å². The lowest BCUT2D eigenvalue weighted by Gasteiger charge is -2.26. The van der Waals surface area contributed by atoms with Gasteiger partial charge in [0, 0.05) is 42.6 Å². The molecule has 2 atom stereocenters. The summed E-state index contributed by atoms with van der Waals surface area (Å²) in [6, 6.07) is 3.26. The van der Waals surface area contributed by atoms with Crippen LogP contribution >= 0.6 is 11.8 Å². The number of nitrogens with zero attached hydrogens (tertiary/aromatic N) is 1. The number of pyridine rings is 1. The van der Waals surface area contributed by atoms with Crippen molar-refractivity contribution in [1.29, 1.82) is 0 Å². The molecule has 3 rings (SSSR count). The second-order valence-corrected chi connectivity index (χ2v) is 11.8. The number of thioether (sulfide) groups is 1. The maximum absolute atomic E-state index is 12.9. The Labute approximate surface area is 247 Å². The minimum absolute atomic E-state index is 0.00491. The first-order chi connectivity index (χ1) is 19.7. The average molecular weight is 622 g/mol. The summed E-state index contributed by atoms with van der Waals surface area (Å²) in [6.07, 6.45) is -1.05. The molecular weight excluding hydrogens is 579 g/mol. The summed E-state index contributed by atoms with van der Waals surface area (Å²) >= 11 is 1.89. The van der Waals surface area contributed by atoms with Crippen LogP contribution in [0.4, 0.5) is 18.0 Å².